The molecule has 8 heteroatoms. The molecule has 1 N–H and O–H groups in total. The van der Waals surface area contributed by atoms with Crippen molar-refractivity contribution in [1.29, 1.82) is 0 Å². The molecule has 0 spiro atoms. The monoisotopic (exact) mass is 705 g/mol. The summed E-state index contributed by atoms with van der Waals surface area (Å²) in [5.74, 6) is -1.26. The lowest BCUT2D eigenvalue weighted by atomic mass is 9.90. The largest absolute Gasteiger partial charge is 0.488 e. The number of hydrogen-bond acceptors (Lipinski definition) is 7. The van der Waals surface area contributed by atoms with Crippen LogP contribution in [0.4, 0.5) is 0 Å². The lowest BCUT2D eigenvalue weighted by Gasteiger charge is -2.19. The standard InChI is InChI=1S/C45H39NO7/c1-45(44(49)53-32-36-21-12-5-13-22-36)25-14-23-37(24-26-45)46-42(47)38-27-41(51-30-34-17-8-3-9-18-34)39(43(48)52-31-35-19-10-4-11-20-35)28-40(38)50-29-33-15-6-2-7-16-33/h2-28H,29-32H2,1H3,(H,46,47). The summed E-state index contributed by atoms with van der Waals surface area (Å²) in [4.78, 5) is 40.9. The van der Waals surface area contributed by atoms with E-state index in [0.717, 1.165) is 22.3 Å². The number of nitrogens with one attached hydrogen (secondary N) is 1. The summed E-state index contributed by atoms with van der Waals surface area (Å²) in [6.07, 6.45) is 8.45. The molecule has 0 aliphatic heterocycles. The number of esters is 2. The van der Waals surface area contributed by atoms with E-state index in [4.69, 9.17) is 18.9 Å². The number of carbonyl (C=O) groups is 3. The van der Waals surface area contributed by atoms with Crippen LogP contribution in [0.15, 0.2) is 170 Å². The Morgan fingerprint density at radius 2 is 1.02 bits per heavy atom. The fourth-order valence-corrected chi connectivity index (χ4v) is 5.43. The molecule has 0 radical (unpaired) electrons. The second-order valence-corrected chi connectivity index (χ2v) is 12.6. The number of hydrogen-bond donors (Lipinski definition) is 1. The van der Waals surface area contributed by atoms with E-state index in [-0.39, 0.29) is 49.1 Å². The number of ether oxygens (including phenoxy) is 4. The van der Waals surface area contributed by atoms with Crippen molar-refractivity contribution in [2.24, 2.45) is 5.41 Å². The van der Waals surface area contributed by atoms with Gasteiger partial charge in [0, 0.05) is 5.70 Å². The molecule has 266 valence electrons. The van der Waals surface area contributed by atoms with Crippen LogP contribution < -0.4 is 14.8 Å². The Bertz CT molecular complexity index is 2110. The van der Waals surface area contributed by atoms with E-state index in [2.05, 4.69) is 5.32 Å². The van der Waals surface area contributed by atoms with Crippen LogP contribution in [0.3, 0.4) is 0 Å². The average molecular weight is 706 g/mol. The Balaban J connectivity index is 1.26. The number of benzene rings is 5. The zero-order valence-electron chi connectivity index (χ0n) is 29.3. The summed E-state index contributed by atoms with van der Waals surface area (Å²) in [5.41, 5.74) is 3.05. The average Bonchev–Trinajstić information content (AvgIpc) is 3.40. The predicted molar refractivity (Wildman–Crippen MR) is 202 cm³/mol. The summed E-state index contributed by atoms with van der Waals surface area (Å²) in [5, 5.41) is 2.92. The normalized spacial score (nSPS) is 14.7. The fraction of sp³-hybridized carbons (Fsp3) is 0.133. The number of rotatable bonds is 14. The molecule has 5 aromatic rings. The lowest BCUT2D eigenvalue weighted by Crippen LogP contribution is -2.26. The Kier molecular flexibility index (Phi) is 11.9. The molecule has 8 nitrogen and oxygen atoms in total. The molecule has 0 bridgehead atoms. The third kappa shape index (κ3) is 9.98. The number of carbonyl (C=O) groups excluding carboxylic acids is 3. The van der Waals surface area contributed by atoms with Crippen LogP contribution in [0.2, 0.25) is 0 Å². The van der Waals surface area contributed by atoms with Crippen molar-refractivity contribution < 1.29 is 33.3 Å². The highest BCUT2D eigenvalue weighted by atomic mass is 16.5. The molecule has 0 aromatic heterocycles. The molecular formula is C45H39NO7. The van der Waals surface area contributed by atoms with Crippen molar-refractivity contribution in [2.75, 3.05) is 0 Å². The summed E-state index contributed by atoms with van der Waals surface area (Å²) in [6.45, 7) is 2.21. The van der Waals surface area contributed by atoms with Gasteiger partial charge in [0.2, 0.25) is 0 Å². The van der Waals surface area contributed by atoms with E-state index < -0.39 is 23.3 Å². The molecule has 0 heterocycles. The highest BCUT2D eigenvalue weighted by Crippen LogP contribution is 2.32. The second kappa shape index (κ2) is 17.5. The minimum absolute atomic E-state index is 0.0486. The minimum atomic E-state index is -1.07. The summed E-state index contributed by atoms with van der Waals surface area (Å²) >= 11 is 0. The zero-order chi connectivity index (χ0) is 36.9. The van der Waals surface area contributed by atoms with Crippen LogP contribution >= 0.6 is 0 Å². The molecule has 6 rings (SSSR count). The summed E-state index contributed by atoms with van der Waals surface area (Å²) < 4.78 is 23.7. The van der Waals surface area contributed by atoms with Gasteiger partial charge in [0.15, 0.2) is 0 Å². The van der Waals surface area contributed by atoms with E-state index in [0.29, 0.717) is 5.70 Å². The van der Waals surface area contributed by atoms with E-state index >= 15 is 0 Å². The van der Waals surface area contributed by atoms with Gasteiger partial charge in [0.25, 0.3) is 5.91 Å². The maximum atomic E-state index is 14.1. The Morgan fingerprint density at radius 3 is 1.55 bits per heavy atom. The first-order valence-corrected chi connectivity index (χ1v) is 17.2. The van der Waals surface area contributed by atoms with Crippen LogP contribution in [0.25, 0.3) is 0 Å². The SMILES string of the molecule is CC1(C(=O)OCc2ccccc2)C=CC=C(NC(=O)c2cc(OCc3ccccc3)c(C(=O)OCc3ccccc3)cc2OCc2ccccc2)C=C1. The van der Waals surface area contributed by atoms with Gasteiger partial charge in [0.05, 0.1) is 5.56 Å². The van der Waals surface area contributed by atoms with Crippen LogP contribution in [0, 0.1) is 5.41 Å². The van der Waals surface area contributed by atoms with Gasteiger partial charge in [-0.2, -0.15) is 0 Å². The smallest absolute Gasteiger partial charge is 0.342 e. The molecular weight excluding hydrogens is 666 g/mol. The van der Waals surface area contributed by atoms with Crippen LogP contribution in [-0.2, 0) is 40.7 Å². The minimum Gasteiger partial charge on any atom is -0.488 e. The third-order valence-electron chi connectivity index (χ3n) is 8.47. The fourth-order valence-electron chi connectivity index (χ4n) is 5.43. The molecule has 1 amide bonds. The van der Waals surface area contributed by atoms with E-state index in [1.807, 2.05) is 121 Å². The molecule has 53 heavy (non-hydrogen) atoms. The van der Waals surface area contributed by atoms with Crippen molar-refractivity contribution >= 4 is 17.8 Å². The van der Waals surface area contributed by atoms with Crippen molar-refractivity contribution in [3.63, 3.8) is 0 Å². The second-order valence-electron chi connectivity index (χ2n) is 12.6. The maximum Gasteiger partial charge on any atom is 0.342 e. The molecule has 1 atom stereocenters. The molecule has 1 aliphatic carbocycles. The van der Waals surface area contributed by atoms with Crippen molar-refractivity contribution in [3.8, 4) is 11.5 Å². The van der Waals surface area contributed by atoms with Gasteiger partial charge in [-0.3, -0.25) is 9.59 Å². The molecule has 0 fully saturated rings. The van der Waals surface area contributed by atoms with Gasteiger partial charge in [-0.25, -0.2) is 4.79 Å². The molecule has 1 unspecified atom stereocenters. The first-order chi connectivity index (χ1) is 25.9. The van der Waals surface area contributed by atoms with Gasteiger partial charge in [-0.15, -0.1) is 0 Å². The van der Waals surface area contributed by atoms with Gasteiger partial charge in [-0.1, -0.05) is 140 Å². The summed E-state index contributed by atoms with van der Waals surface area (Å²) in [7, 11) is 0. The van der Waals surface area contributed by atoms with Crippen molar-refractivity contribution in [2.45, 2.75) is 33.4 Å². The van der Waals surface area contributed by atoms with E-state index in [1.165, 1.54) is 12.1 Å². The Morgan fingerprint density at radius 1 is 0.566 bits per heavy atom. The van der Waals surface area contributed by atoms with Gasteiger partial charge in [0.1, 0.15) is 48.9 Å². The molecule has 5 aromatic carbocycles. The quantitative estimate of drug-likeness (QED) is 0.115. The lowest BCUT2D eigenvalue weighted by molar-refractivity contribution is -0.151. The molecule has 1 aliphatic rings. The zero-order valence-corrected chi connectivity index (χ0v) is 29.3. The summed E-state index contributed by atoms with van der Waals surface area (Å²) in [6, 6.07) is 40.8. The van der Waals surface area contributed by atoms with E-state index in [1.54, 1.807) is 37.3 Å². The number of allylic oxidation sites excluding steroid dienone is 3. The third-order valence-corrected chi connectivity index (χ3v) is 8.47. The van der Waals surface area contributed by atoms with Crippen LogP contribution in [0.5, 0.6) is 11.5 Å². The molecule has 0 saturated heterocycles. The molecule has 0 saturated carbocycles. The number of amides is 1. The van der Waals surface area contributed by atoms with Gasteiger partial charge in [-0.05, 0) is 53.5 Å². The van der Waals surface area contributed by atoms with Gasteiger partial charge >= 0.3 is 11.9 Å². The first-order valence-electron chi connectivity index (χ1n) is 17.2. The van der Waals surface area contributed by atoms with Crippen molar-refractivity contribution in [3.05, 3.63) is 203 Å². The highest BCUT2D eigenvalue weighted by molar-refractivity contribution is 6.01. The Hall–Kier alpha value is -6.67. The predicted octanol–water partition coefficient (Wildman–Crippen LogP) is 8.69. The van der Waals surface area contributed by atoms with Crippen molar-refractivity contribution in [1.82, 2.24) is 5.32 Å². The topological polar surface area (TPSA) is 100 Å². The van der Waals surface area contributed by atoms with Crippen LogP contribution in [-0.4, -0.2) is 17.8 Å². The van der Waals surface area contributed by atoms with Crippen LogP contribution in [0.1, 0.15) is 49.9 Å². The first kappa shape index (κ1) is 36.1. The maximum absolute atomic E-state index is 14.1. The Labute approximate surface area is 309 Å². The van der Waals surface area contributed by atoms with E-state index in [9.17, 15) is 14.4 Å². The van der Waals surface area contributed by atoms with Gasteiger partial charge < -0.3 is 24.3 Å². The highest BCUT2D eigenvalue weighted by Gasteiger charge is 2.30.